The largest absolute Gasteiger partial charge is 0.353 e. The molecule has 1 N–H and O–H groups in total. The Morgan fingerprint density at radius 1 is 1.22 bits per heavy atom. The van der Waals surface area contributed by atoms with Crippen molar-refractivity contribution in [3.05, 3.63) is 35.4 Å². The first-order chi connectivity index (χ1) is 11.2. The minimum Gasteiger partial charge on any atom is -0.353 e. The van der Waals surface area contributed by atoms with Gasteiger partial charge < -0.3 is 5.32 Å². The molecule has 0 unspecified atom stereocenters. The molecule has 0 saturated heterocycles. The molecule has 1 aromatic rings. The summed E-state index contributed by atoms with van der Waals surface area (Å²) in [5.41, 5.74) is 2.49. The highest BCUT2D eigenvalue weighted by Gasteiger charge is 2.39. The van der Waals surface area contributed by atoms with E-state index in [9.17, 15) is 4.79 Å². The average Bonchev–Trinajstić information content (AvgIpc) is 3.36. The van der Waals surface area contributed by atoms with Crippen LogP contribution < -0.4 is 5.32 Å². The van der Waals surface area contributed by atoms with Crippen LogP contribution in [0, 0.1) is 12.3 Å². The summed E-state index contributed by atoms with van der Waals surface area (Å²) in [5, 5.41) is 11.4. The summed E-state index contributed by atoms with van der Waals surface area (Å²) in [6.45, 7) is 0. The molecular weight excluding hydrogens is 286 g/mol. The molecule has 1 aliphatic carbocycles. The van der Waals surface area contributed by atoms with Crippen LogP contribution >= 0.6 is 0 Å². The summed E-state index contributed by atoms with van der Waals surface area (Å²) in [5.74, 6) is 2.72. The first kappa shape index (κ1) is 15.7. The molecule has 1 amide bonds. The van der Waals surface area contributed by atoms with Gasteiger partial charge in [0.1, 0.15) is 0 Å². The van der Waals surface area contributed by atoms with E-state index in [4.69, 9.17) is 6.42 Å². The van der Waals surface area contributed by atoms with Crippen LogP contribution in [0.5, 0.6) is 0 Å². The number of benzene rings is 1. The van der Waals surface area contributed by atoms with E-state index >= 15 is 0 Å². The molecule has 4 heteroatoms. The quantitative estimate of drug-likeness (QED) is 0.635. The average molecular weight is 309 g/mol. The summed E-state index contributed by atoms with van der Waals surface area (Å²) < 4.78 is 0. The minimum atomic E-state index is -0.358. The number of hydrogen-bond acceptors (Lipinski definition) is 3. The van der Waals surface area contributed by atoms with Crippen molar-refractivity contribution in [3.63, 3.8) is 0 Å². The Balaban J connectivity index is 1.43. The molecule has 2 aliphatic rings. The summed E-state index contributed by atoms with van der Waals surface area (Å²) in [7, 11) is 0. The molecule has 3 rings (SSSR count). The van der Waals surface area contributed by atoms with Gasteiger partial charge in [0, 0.05) is 31.7 Å². The molecule has 120 valence electrons. The summed E-state index contributed by atoms with van der Waals surface area (Å²) in [4.78, 5) is 12.2. The van der Waals surface area contributed by atoms with Crippen molar-refractivity contribution in [1.29, 1.82) is 0 Å². The number of fused-ring (bicyclic) bond motifs is 1. The highest BCUT2D eigenvalue weighted by Crippen LogP contribution is 2.37. The maximum atomic E-state index is 12.2. The number of terminal acetylenes is 1. The van der Waals surface area contributed by atoms with Crippen LogP contribution in [0.4, 0.5) is 0 Å². The molecule has 4 nitrogen and oxygen atoms in total. The summed E-state index contributed by atoms with van der Waals surface area (Å²) >= 11 is 0. The fourth-order valence-electron chi connectivity index (χ4n) is 3.28. The van der Waals surface area contributed by atoms with E-state index in [1.54, 1.807) is 0 Å². The maximum absolute atomic E-state index is 12.2. The zero-order valence-corrected chi connectivity index (χ0v) is 13.4. The first-order valence-corrected chi connectivity index (χ1v) is 8.44. The summed E-state index contributed by atoms with van der Waals surface area (Å²) in [6.07, 6.45) is 12.0. The lowest BCUT2D eigenvalue weighted by Gasteiger charge is -2.17. The Hall–Kier alpha value is -2.15. The second-order valence-corrected chi connectivity index (χ2v) is 6.50. The highest BCUT2D eigenvalue weighted by molar-refractivity contribution is 5.76. The fraction of sp³-hybridized carbons (Fsp3) is 0.526. The van der Waals surface area contributed by atoms with Gasteiger partial charge in [0.2, 0.25) is 5.91 Å². The van der Waals surface area contributed by atoms with Crippen LogP contribution in [0.3, 0.4) is 0 Å². The van der Waals surface area contributed by atoms with Crippen molar-refractivity contribution >= 4 is 5.91 Å². The number of hydrogen-bond donors (Lipinski definition) is 1. The van der Waals surface area contributed by atoms with Gasteiger partial charge in [-0.05, 0) is 36.8 Å². The molecule has 0 aromatic heterocycles. The number of rotatable bonds is 6. The Morgan fingerprint density at radius 2 is 1.87 bits per heavy atom. The molecule has 0 atom stereocenters. The first-order valence-electron chi connectivity index (χ1n) is 8.44. The summed E-state index contributed by atoms with van der Waals surface area (Å²) in [6, 6.07) is 8.85. The molecule has 1 aliphatic heterocycles. The van der Waals surface area contributed by atoms with Crippen LogP contribution in [-0.4, -0.2) is 17.6 Å². The third kappa shape index (κ3) is 4.19. The zero-order chi connectivity index (χ0) is 16.1. The predicted molar refractivity (Wildman–Crippen MR) is 89.9 cm³/mol. The number of nitrogens with zero attached hydrogens (tertiary/aromatic N) is 2. The van der Waals surface area contributed by atoms with E-state index in [-0.39, 0.29) is 17.6 Å². The zero-order valence-electron chi connectivity index (χ0n) is 13.4. The van der Waals surface area contributed by atoms with Crippen LogP contribution in [0.15, 0.2) is 34.5 Å². The van der Waals surface area contributed by atoms with Gasteiger partial charge in [-0.3, -0.25) is 4.79 Å². The van der Waals surface area contributed by atoms with E-state index in [2.05, 4.69) is 45.7 Å². The lowest BCUT2D eigenvalue weighted by molar-refractivity contribution is -0.122. The van der Waals surface area contributed by atoms with Crippen molar-refractivity contribution in [2.24, 2.45) is 10.2 Å². The van der Waals surface area contributed by atoms with E-state index in [0.717, 1.165) is 32.1 Å². The van der Waals surface area contributed by atoms with Crippen LogP contribution in [0.25, 0.3) is 0 Å². The Kier molecular flexibility index (Phi) is 4.76. The minimum absolute atomic E-state index is 0.110. The molecule has 1 aromatic carbocycles. The van der Waals surface area contributed by atoms with Crippen molar-refractivity contribution < 1.29 is 4.79 Å². The van der Waals surface area contributed by atoms with Gasteiger partial charge in [0.25, 0.3) is 0 Å². The van der Waals surface area contributed by atoms with Gasteiger partial charge in [-0.25, -0.2) is 0 Å². The van der Waals surface area contributed by atoms with E-state index in [1.807, 2.05) is 0 Å². The lowest BCUT2D eigenvalue weighted by atomic mass is 10.0. The topological polar surface area (TPSA) is 53.8 Å². The maximum Gasteiger partial charge on any atom is 0.220 e. The Morgan fingerprint density at radius 3 is 2.43 bits per heavy atom. The van der Waals surface area contributed by atoms with Crippen LogP contribution in [0.1, 0.15) is 49.7 Å². The van der Waals surface area contributed by atoms with Gasteiger partial charge in [-0.1, -0.05) is 24.3 Å². The lowest BCUT2D eigenvalue weighted by Crippen LogP contribution is -2.35. The molecule has 0 radical (unpaired) electrons. The second kappa shape index (κ2) is 6.95. The standard InChI is InChI=1S/C19H23N3O/c1-2-3-13-19(21-22-19)14-12-18(23)20-17-10-8-15-6-4-5-7-16(15)9-11-17/h1,4-7,17H,3,8-14H2,(H,20,23). The molecular formula is C19H23N3O. The van der Waals surface area contributed by atoms with Crippen molar-refractivity contribution in [1.82, 2.24) is 5.32 Å². The SMILES string of the molecule is C#CCCC1(CCC(=O)NC2CCc3ccccc3CC2)N=N1. The highest BCUT2D eigenvalue weighted by atomic mass is 16.1. The number of carbonyl (C=O) groups excluding carboxylic acids is 1. The van der Waals surface area contributed by atoms with Crippen molar-refractivity contribution in [2.75, 3.05) is 0 Å². The normalized spacial score (nSPS) is 18.6. The number of aryl methyl sites for hydroxylation is 2. The Labute approximate surface area is 137 Å². The van der Waals surface area contributed by atoms with E-state index < -0.39 is 0 Å². The van der Waals surface area contributed by atoms with Crippen LogP contribution in [-0.2, 0) is 17.6 Å². The van der Waals surface area contributed by atoms with Crippen LogP contribution in [0.2, 0.25) is 0 Å². The van der Waals surface area contributed by atoms with E-state index in [1.165, 1.54) is 11.1 Å². The van der Waals surface area contributed by atoms with E-state index in [0.29, 0.717) is 19.3 Å². The monoisotopic (exact) mass is 309 g/mol. The predicted octanol–water partition coefficient (Wildman–Crippen LogP) is 3.41. The number of amides is 1. The van der Waals surface area contributed by atoms with Gasteiger partial charge in [-0.15, -0.1) is 12.3 Å². The number of carbonyl (C=O) groups is 1. The third-order valence-corrected chi connectivity index (χ3v) is 4.81. The molecule has 23 heavy (non-hydrogen) atoms. The molecule has 0 fully saturated rings. The fourth-order valence-corrected chi connectivity index (χ4v) is 3.28. The molecule has 1 heterocycles. The molecule has 0 spiro atoms. The van der Waals surface area contributed by atoms with Gasteiger partial charge in [0.05, 0.1) is 0 Å². The van der Waals surface area contributed by atoms with Crippen molar-refractivity contribution in [3.8, 4) is 12.3 Å². The molecule has 0 saturated carbocycles. The smallest absolute Gasteiger partial charge is 0.220 e. The van der Waals surface area contributed by atoms with Gasteiger partial charge in [0.15, 0.2) is 5.66 Å². The van der Waals surface area contributed by atoms with Gasteiger partial charge >= 0.3 is 0 Å². The molecule has 0 bridgehead atoms. The van der Waals surface area contributed by atoms with Crippen molar-refractivity contribution in [2.45, 2.75) is 63.1 Å². The third-order valence-electron chi connectivity index (χ3n) is 4.81. The van der Waals surface area contributed by atoms with Gasteiger partial charge in [-0.2, -0.15) is 10.2 Å². The second-order valence-electron chi connectivity index (χ2n) is 6.50. The number of nitrogens with one attached hydrogen (secondary N) is 1. The Bertz CT molecular complexity index is 611.